The Balaban J connectivity index is 3.37. The molecule has 0 aromatic rings. The second-order valence-corrected chi connectivity index (χ2v) is 27.7. The van der Waals surface area contributed by atoms with E-state index in [1.165, 1.54) is 379 Å². The molecule has 0 heterocycles. The Morgan fingerprint density at radius 1 is 0.307 bits per heavy atom. The SMILES string of the molecule is CCCC/C=C\CCCCCCCC(=O)OCCCCCCCCCCCCCCCC/C=C\CCCCCCCCCCCCCCCCCCCC(=O)NC(CO)C(O)/C=C/CCCCCCCCCCCCCCCCCCCCCCCCC. The Morgan fingerprint density at radius 2 is 0.545 bits per heavy atom. The van der Waals surface area contributed by atoms with Crippen LogP contribution in [-0.2, 0) is 14.3 Å². The molecule has 1 amide bonds. The lowest BCUT2D eigenvalue weighted by molar-refractivity contribution is -0.143. The molecule has 0 radical (unpaired) electrons. The zero-order chi connectivity index (χ0) is 63.5. The van der Waals surface area contributed by atoms with Crippen molar-refractivity contribution in [3.8, 4) is 0 Å². The first-order valence-electron chi connectivity index (χ1n) is 40.3. The van der Waals surface area contributed by atoms with Crippen molar-refractivity contribution >= 4 is 11.9 Å². The van der Waals surface area contributed by atoms with Crippen LogP contribution in [0.1, 0.15) is 450 Å². The van der Waals surface area contributed by atoms with Crippen LogP contribution in [0.3, 0.4) is 0 Å². The Morgan fingerprint density at radius 3 is 0.841 bits per heavy atom. The molecule has 0 aliphatic heterocycles. The van der Waals surface area contributed by atoms with E-state index >= 15 is 0 Å². The molecule has 6 nitrogen and oxygen atoms in total. The molecular weight excluding hydrogens is 1080 g/mol. The van der Waals surface area contributed by atoms with Gasteiger partial charge >= 0.3 is 5.97 Å². The van der Waals surface area contributed by atoms with Crippen molar-refractivity contribution in [1.82, 2.24) is 5.32 Å². The highest BCUT2D eigenvalue weighted by molar-refractivity contribution is 5.76. The van der Waals surface area contributed by atoms with Crippen LogP contribution in [0.15, 0.2) is 36.5 Å². The predicted molar refractivity (Wildman–Crippen MR) is 389 cm³/mol. The minimum atomic E-state index is -0.844. The van der Waals surface area contributed by atoms with Crippen molar-refractivity contribution in [3.05, 3.63) is 36.5 Å². The fraction of sp³-hybridized carbons (Fsp3) is 0.902. The number of esters is 1. The molecule has 0 saturated carbocycles. The van der Waals surface area contributed by atoms with Gasteiger partial charge in [0, 0.05) is 12.8 Å². The topological polar surface area (TPSA) is 95.9 Å². The van der Waals surface area contributed by atoms with E-state index in [4.69, 9.17) is 4.74 Å². The largest absolute Gasteiger partial charge is 0.466 e. The Kier molecular flexibility index (Phi) is 75.8. The number of nitrogens with one attached hydrogen (secondary N) is 1. The number of allylic oxidation sites excluding steroid dienone is 5. The molecular formula is C82H157NO5. The van der Waals surface area contributed by atoms with E-state index < -0.39 is 12.1 Å². The van der Waals surface area contributed by atoms with E-state index in [0.29, 0.717) is 19.4 Å². The monoisotopic (exact) mass is 1240 g/mol. The molecule has 2 unspecified atom stereocenters. The van der Waals surface area contributed by atoms with Crippen molar-refractivity contribution in [1.29, 1.82) is 0 Å². The maximum absolute atomic E-state index is 12.6. The maximum Gasteiger partial charge on any atom is 0.305 e. The first kappa shape index (κ1) is 86.1. The van der Waals surface area contributed by atoms with Crippen molar-refractivity contribution in [2.75, 3.05) is 13.2 Å². The summed E-state index contributed by atoms with van der Waals surface area (Å²) in [6.45, 7) is 4.91. The molecule has 0 spiro atoms. The fourth-order valence-electron chi connectivity index (χ4n) is 12.7. The minimum Gasteiger partial charge on any atom is -0.466 e. The summed E-state index contributed by atoms with van der Waals surface area (Å²) in [6.07, 6.45) is 101. The summed E-state index contributed by atoms with van der Waals surface area (Å²) in [5.41, 5.74) is 0. The van der Waals surface area contributed by atoms with Crippen LogP contribution in [0, 0.1) is 0 Å². The van der Waals surface area contributed by atoms with Gasteiger partial charge in [-0.05, 0) is 77.0 Å². The summed E-state index contributed by atoms with van der Waals surface area (Å²) in [6, 6.07) is -0.627. The van der Waals surface area contributed by atoms with Crippen LogP contribution in [-0.4, -0.2) is 47.4 Å². The summed E-state index contributed by atoms with van der Waals surface area (Å²) in [4.78, 5) is 24.6. The van der Waals surface area contributed by atoms with Gasteiger partial charge in [0.25, 0.3) is 0 Å². The predicted octanol–water partition coefficient (Wildman–Crippen LogP) is 26.6. The molecule has 0 aromatic heterocycles. The molecule has 0 aliphatic rings. The first-order chi connectivity index (χ1) is 43.5. The number of hydrogen-bond acceptors (Lipinski definition) is 5. The van der Waals surface area contributed by atoms with Gasteiger partial charge in [0.15, 0.2) is 0 Å². The average Bonchev–Trinajstić information content (AvgIpc) is 3.55. The van der Waals surface area contributed by atoms with Gasteiger partial charge in [0.1, 0.15) is 0 Å². The number of ether oxygens (including phenoxy) is 1. The minimum absolute atomic E-state index is 0.00942. The van der Waals surface area contributed by atoms with Crippen molar-refractivity contribution in [2.45, 2.75) is 463 Å². The molecule has 6 heteroatoms. The van der Waals surface area contributed by atoms with Crippen LogP contribution >= 0.6 is 0 Å². The molecule has 2 atom stereocenters. The fourth-order valence-corrected chi connectivity index (χ4v) is 12.7. The van der Waals surface area contributed by atoms with Crippen molar-refractivity contribution < 1.29 is 24.5 Å². The number of hydrogen-bond donors (Lipinski definition) is 3. The first-order valence-corrected chi connectivity index (χ1v) is 40.3. The van der Waals surface area contributed by atoms with Crippen LogP contribution in [0.4, 0.5) is 0 Å². The van der Waals surface area contributed by atoms with Crippen LogP contribution in [0.25, 0.3) is 0 Å². The molecule has 0 aliphatic carbocycles. The third-order valence-corrected chi connectivity index (χ3v) is 18.9. The van der Waals surface area contributed by atoms with E-state index in [9.17, 15) is 19.8 Å². The lowest BCUT2D eigenvalue weighted by Gasteiger charge is -2.20. The Bertz CT molecular complexity index is 1430. The molecule has 0 aromatic carbocycles. The van der Waals surface area contributed by atoms with Gasteiger partial charge in [-0.15, -0.1) is 0 Å². The number of carbonyl (C=O) groups excluding carboxylic acids is 2. The van der Waals surface area contributed by atoms with E-state index in [-0.39, 0.29) is 18.5 Å². The van der Waals surface area contributed by atoms with E-state index in [1.54, 1.807) is 6.08 Å². The van der Waals surface area contributed by atoms with Crippen LogP contribution < -0.4 is 5.32 Å². The van der Waals surface area contributed by atoms with Gasteiger partial charge in [-0.1, -0.05) is 397 Å². The number of unbranched alkanes of at least 4 members (excludes halogenated alkanes) is 61. The average molecular weight is 1240 g/mol. The van der Waals surface area contributed by atoms with Gasteiger partial charge in [0.2, 0.25) is 5.91 Å². The zero-order valence-electron chi connectivity index (χ0n) is 59.7. The highest BCUT2D eigenvalue weighted by Gasteiger charge is 2.18. The number of rotatable bonds is 76. The van der Waals surface area contributed by atoms with Crippen LogP contribution in [0.5, 0.6) is 0 Å². The molecule has 0 fully saturated rings. The Hall–Kier alpha value is -1.92. The molecule has 88 heavy (non-hydrogen) atoms. The highest BCUT2D eigenvalue weighted by Crippen LogP contribution is 2.20. The highest BCUT2D eigenvalue weighted by atomic mass is 16.5. The van der Waals surface area contributed by atoms with Gasteiger partial charge in [-0.3, -0.25) is 9.59 Å². The zero-order valence-corrected chi connectivity index (χ0v) is 59.7. The number of aliphatic hydroxyl groups excluding tert-OH is 2. The third-order valence-electron chi connectivity index (χ3n) is 18.9. The van der Waals surface area contributed by atoms with Gasteiger partial charge < -0.3 is 20.3 Å². The summed E-state index contributed by atoms with van der Waals surface area (Å²) in [7, 11) is 0. The summed E-state index contributed by atoms with van der Waals surface area (Å²) < 4.78 is 5.47. The van der Waals surface area contributed by atoms with Crippen LogP contribution in [0.2, 0.25) is 0 Å². The van der Waals surface area contributed by atoms with Gasteiger partial charge in [-0.25, -0.2) is 0 Å². The Labute approximate surface area is 551 Å². The van der Waals surface area contributed by atoms with E-state index in [0.717, 1.165) is 44.9 Å². The van der Waals surface area contributed by atoms with Crippen molar-refractivity contribution in [3.63, 3.8) is 0 Å². The molecule has 0 saturated heterocycles. The summed E-state index contributed by atoms with van der Waals surface area (Å²) >= 11 is 0. The maximum atomic E-state index is 12.6. The number of carbonyl (C=O) groups is 2. The lowest BCUT2D eigenvalue weighted by atomic mass is 10.0. The second-order valence-electron chi connectivity index (χ2n) is 27.7. The molecule has 520 valence electrons. The summed E-state index contributed by atoms with van der Waals surface area (Å²) in [5, 5.41) is 23.3. The normalized spacial score (nSPS) is 12.6. The van der Waals surface area contributed by atoms with Gasteiger partial charge in [-0.2, -0.15) is 0 Å². The quantitative estimate of drug-likeness (QED) is 0.0320. The standard InChI is InChI=1S/C82H157NO5/c1-3-5-7-9-11-13-15-16-17-18-19-20-21-33-36-39-42-45-48-51-55-58-62-66-70-74-80(85)79(78-84)83-81(86)75-71-67-63-59-56-52-49-46-43-40-37-34-31-29-27-25-23-22-24-26-28-30-32-35-38-41-44-47-50-53-57-61-65-69-73-77-88-82(87)76-72-68-64-60-54-14-12-10-8-6-4-2/h10,12,24,26,70,74,79-80,84-85H,3-9,11,13-23,25,27-69,71-73,75-78H2,1-2H3,(H,83,86)/b12-10-,26-24-,74-70+. The summed E-state index contributed by atoms with van der Waals surface area (Å²) in [5.74, 6) is -0.0498. The van der Waals surface area contributed by atoms with E-state index in [1.807, 2.05) is 6.08 Å². The third kappa shape index (κ3) is 73.1. The second kappa shape index (κ2) is 77.5. The van der Waals surface area contributed by atoms with Crippen molar-refractivity contribution in [2.24, 2.45) is 0 Å². The smallest absolute Gasteiger partial charge is 0.305 e. The molecule has 0 rings (SSSR count). The molecule has 0 bridgehead atoms. The van der Waals surface area contributed by atoms with E-state index in [2.05, 4.69) is 43.5 Å². The number of amides is 1. The van der Waals surface area contributed by atoms with Gasteiger partial charge in [0.05, 0.1) is 25.4 Å². The molecule has 3 N–H and O–H groups in total. The lowest BCUT2D eigenvalue weighted by Crippen LogP contribution is -2.45. The number of aliphatic hydroxyl groups is 2.